The Morgan fingerprint density at radius 3 is 2.59 bits per heavy atom. The van der Waals surface area contributed by atoms with Crippen molar-refractivity contribution in [2.45, 2.75) is 45.3 Å². The topological polar surface area (TPSA) is 71.5 Å². The number of halogens is 1. The standard InChI is InChI=1S/C29H28ClN3O3S/c1-2-24-27-25(17-33(24)16-20-9-13-23(30)14-10-20)37-29(32-27)31-26(34)15-19-7-11-22(12-8-19)28(35)36-18-21-5-3-4-6-21/h3-5,7-14,24H,2,6,15-18H2,1H3,(H,31,32,34)/t24-/m0/s1. The van der Waals surface area contributed by atoms with Gasteiger partial charge in [-0.25, -0.2) is 9.78 Å². The lowest BCUT2D eigenvalue weighted by atomic mass is 10.1. The summed E-state index contributed by atoms with van der Waals surface area (Å²) in [6.45, 7) is 4.11. The van der Waals surface area contributed by atoms with Crippen molar-refractivity contribution in [2.24, 2.45) is 0 Å². The van der Waals surface area contributed by atoms with Crippen LogP contribution in [0.1, 0.15) is 57.9 Å². The second-order valence-electron chi connectivity index (χ2n) is 9.24. The maximum atomic E-state index is 12.7. The molecule has 0 saturated carbocycles. The third-order valence-corrected chi connectivity index (χ3v) is 7.78. The maximum Gasteiger partial charge on any atom is 0.338 e. The molecule has 37 heavy (non-hydrogen) atoms. The number of fused-ring (bicyclic) bond motifs is 1. The molecule has 0 fully saturated rings. The number of thiazole rings is 1. The van der Waals surface area contributed by atoms with Gasteiger partial charge < -0.3 is 10.1 Å². The third-order valence-electron chi connectivity index (χ3n) is 6.55. The van der Waals surface area contributed by atoms with Gasteiger partial charge in [-0.15, -0.1) is 11.3 Å². The van der Waals surface area contributed by atoms with Crippen LogP contribution in [0.2, 0.25) is 5.02 Å². The number of nitrogens with one attached hydrogen (secondary N) is 1. The van der Waals surface area contributed by atoms with E-state index >= 15 is 0 Å². The van der Waals surface area contributed by atoms with E-state index in [0.717, 1.165) is 47.8 Å². The Hall–Kier alpha value is -3.26. The molecule has 6 nitrogen and oxygen atoms in total. The van der Waals surface area contributed by atoms with E-state index in [4.69, 9.17) is 21.3 Å². The van der Waals surface area contributed by atoms with Crippen molar-refractivity contribution in [3.8, 4) is 0 Å². The summed E-state index contributed by atoms with van der Waals surface area (Å²) in [6, 6.07) is 15.2. The SMILES string of the molecule is CC[C@H]1c2nc(NC(=O)Cc3ccc(C(=O)OCC4=CC=CC4)cc3)sc2CN1Cc1ccc(Cl)cc1. The first kappa shape index (κ1) is 25.4. The summed E-state index contributed by atoms with van der Waals surface area (Å²) in [4.78, 5) is 33.3. The predicted molar refractivity (Wildman–Crippen MR) is 147 cm³/mol. The highest BCUT2D eigenvalue weighted by Gasteiger charge is 2.33. The van der Waals surface area contributed by atoms with Gasteiger partial charge in [0.05, 0.1) is 23.7 Å². The van der Waals surface area contributed by atoms with Crippen LogP contribution >= 0.6 is 22.9 Å². The van der Waals surface area contributed by atoms with E-state index in [-0.39, 0.29) is 24.3 Å². The van der Waals surface area contributed by atoms with Crippen molar-refractivity contribution in [1.82, 2.24) is 9.88 Å². The Kier molecular flexibility index (Phi) is 7.84. The van der Waals surface area contributed by atoms with E-state index < -0.39 is 0 Å². The molecule has 1 N–H and O–H groups in total. The molecule has 2 aliphatic rings. The van der Waals surface area contributed by atoms with Crippen molar-refractivity contribution in [3.63, 3.8) is 0 Å². The van der Waals surface area contributed by atoms with Gasteiger partial charge in [0.2, 0.25) is 5.91 Å². The molecule has 1 aromatic heterocycles. The number of ether oxygens (including phenoxy) is 1. The van der Waals surface area contributed by atoms with Gasteiger partial charge in [0, 0.05) is 23.0 Å². The molecule has 5 rings (SSSR count). The quantitative estimate of drug-likeness (QED) is 0.318. The van der Waals surface area contributed by atoms with Crippen LogP contribution < -0.4 is 5.32 Å². The molecule has 8 heteroatoms. The molecule has 1 aliphatic carbocycles. The van der Waals surface area contributed by atoms with Crippen LogP contribution in [0, 0.1) is 0 Å². The van der Waals surface area contributed by atoms with E-state index in [1.807, 2.05) is 30.4 Å². The van der Waals surface area contributed by atoms with Crippen LogP contribution in [0.25, 0.3) is 0 Å². The van der Waals surface area contributed by atoms with Crippen LogP contribution in [-0.2, 0) is 29.0 Å². The van der Waals surface area contributed by atoms with E-state index in [2.05, 4.69) is 29.3 Å². The molecule has 1 atom stereocenters. The smallest absolute Gasteiger partial charge is 0.338 e. The second kappa shape index (κ2) is 11.4. The van der Waals surface area contributed by atoms with E-state index in [1.165, 1.54) is 10.4 Å². The minimum Gasteiger partial charge on any atom is -0.458 e. The van der Waals surface area contributed by atoms with Crippen LogP contribution in [0.4, 0.5) is 5.13 Å². The number of amides is 1. The first-order valence-electron chi connectivity index (χ1n) is 12.4. The van der Waals surface area contributed by atoms with Crippen molar-refractivity contribution in [3.05, 3.63) is 105 Å². The Morgan fingerprint density at radius 1 is 1.14 bits per heavy atom. The molecule has 2 heterocycles. The zero-order valence-corrected chi connectivity index (χ0v) is 22.1. The number of hydrogen-bond acceptors (Lipinski definition) is 6. The fraction of sp³-hybridized carbons (Fsp3) is 0.276. The lowest BCUT2D eigenvalue weighted by Gasteiger charge is -2.23. The predicted octanol–water partition coefficient (Wildman–Crippen LogP) is 6.49. The number of esters is 1. The van der Waals surface area contributed by atoms with Gasteiger partial charge in [0.15, 0.2) is 5.13 Å². The minimum absolute atomic E-state index is 0.130. The van der Waals surface area contributed by atoms with E-state index in [0.29, 0.717) is 17.3 Å². The van der Waals surface area contributed by atoms with Crippen LogP contribution in [0.5, 0.6) is 0 Å². The molecule has 3 aromatic rings. The number of hydrogen-bond donors (Lipinski definition) is 1. The van der Waals surface area contributed by atoms with Gasteiger partial charge in [-0.1, -0.05) is 61.0 Å². The first-order chi connectivity index (χ1) is 18.0. The van der Waals surface area contributed by atoms with Gasteiger partial charge >= 0.3 is 5.97 Å². The summed E-state index contributed by atoms with van der Waals surface area (Å²) in [5, 5.41) is 4.33. The molecule has 190 valence electrons. The third kappa shape index (κ3) is 6.18. The van der Waals surface area contributed by atoms with Gasteiger partial charge in [-0.2, -0.15) is 0 Å². The highest BCUT2D eigenvalue weighted by molar-refractivity contribution is 7.15. The molecule has 0 bridgehead atoms. The average molecular weight is 534 g/mol. The molecule has 2 aromatic carbocycles. The summed E-state index contributed by atoms with van der Waals surface area (Å²) >= 11 is 7.57. The van der Waals surface area contributed by atoms with E-state index in [9.17, 15) is 9.59 Å². The number of benzene rings is 2. The maximum absolute atomic E-state index is 12.7. The highest BCUT2D eigenvalue weighted by atomic mass is 35.5. The molecule has 0 unspecified atom stereocenters. The number of rotatable bonds is 9. The molecule has 1 aliphatic heterocycles. The van der Waals surface area contributed by atoms with Crippen molar-refractivity contribution >= 4 is 39.9 Å². The Balaban J connectivity index is 1.14. The molecule has 0 saturated heterocycles. The summed E-state index contributed by atoms with van der Waals surface area (Å²) in [6.07, 6.45) is 7.93. The fourth-order valence-corrected chi connectivity index (χ4v) is 5.83. The van der Waals surface area contributed by atoms with Gasteiger partial charge in [-0.3, -0.25) is 9.69 Å². The number of anilines is 1. The number of allylic oxidation sites excluding steroid dienone is 3. The van der Waals surface area contributed by atoms with Gasteiger partial charge in [0.25, 0.3) is 0 Å². The monoisotopic (exact) mass is 533 g/mol. The van der Waals surface area contributed by atoms with Crippen molar-refractivity contribution in [1.29, 1.82) is 0 Å². The average Bonchev–Trinajstić information content (AvgIpc) is 3.61. The lowest BCUT2D eigenvalue weighted by molar-refractivity contribution is -0.115. The largest absolute Gasteiger partial charge is 0.458 e. The minimum atomic E-state index is -0.364. The van der Waals surface area contributed by atoms with Crippen molar-refractivity contribution in [2.75, 3.05) is 11.9 Å². The summed E-state index contributed by atoms with van der Waals surface area (Å²) in [5.41, 5.74) is 4.65. The number of carbonyl (C=O) groups excluding carboxylic acids is 2. The van der Waals surface area contributed by atoms with Crippen LogP contribution in [-0.4, -0.2) is 28.4 Å². The Labute approximate surface area is 225 Å². The normalized spacial score (nSPS) is 16.5. The number of nitrogens with zero attached hydrogens (tertiary/aromatic N) is 2. The molecular formula is C29H28ClN3O3S. The summed E-state index contributed by atoms with van der Waals surface area (Å²) < 4.78 is 5.36. The highest BCUT2D eigenvalue weighted by Crippen LogP contribution is 2.41. The van der Waals surface area contributed by atoms with Crippen molar-refractivity contribution < 1.29 is 14.3 Å². The molecule has 0 radical (unpaired) electrons. The zero-order valence-electron chi connectivity index (χ0n) is 20.6. The number of aromatic nitrogens is 1. The molecule has 1 amide bonds. The molecular weight excluding hydrogens is 506 g/mol. The van der Waals surface area contributed by atoms with Crippen LogP contribution in [0.15, 0.2) is 72.3 Å². The van der Waals surface area contributed by atoms with Gasteiger partial charge in [-0.05, 0) is 53.8 Å². The summed E-state index contributed by atoms with van der Waals surface area (Å²) in [5.74, 6) is -0.494. The number of carbonyl (C=O) groups is 2. The Morgan fingerprint density at radius 2 is 1.89 bits per heavy atom. The van der Waals surface area contributed by atoms with E-state index in [1.54, 1.807) is 35.6 Å². The second-order valence-corrected chi connectivity index (χ2v) is 10.8. The van der Waals surface area contributed by atoms with Crippen LogP contribution in [0.3, 0.4) is 0 Å². The van der Waals surface area contributed by atoms with Gasteiger partial charge in [0.1, 0.15) is 6.61 Å². The Bertz CT molecular complexity index is 1350. The zero-order chi connectivity index (χ0) is 25.8. The fourth-order valence-electron chi connectivity index (χ4n) is 4.65. The first-order valence-corrected chi connectivity index (χ1v) is 13.6. The lowest BCUT2D eigenvalue weighted by Crippen LogP contribution is -2.22. The molecule has 0 spiro atoms. The summed E-state index contributed by atoms with van der Waals surface area (Å²) in [7, 11) is 0.